The maximum Gasteiger partial charge on any atom is 0.314 e. The fourth-order valence-electron chi connectivity index (χ4n) is 1.54. The molecule has 1 aromatic carbocycles. The first-order chi connectivity index (χ1) is 8.76. The highest BCUT2D eigenvalue weighted by molar-refractivity contribution is 5.73. The van der Waals surface area contributed by atoms with E-state index in [1.807, 2.05) is 38.1 Å². The molecule has 0 unspecified atom stereocenters. The summed E-state index contributed by atoms with van der Waals surface area (Å²) >= 11 is 0. The third-order valence-electron chi connectivity index (χ3n) is 2.47. The number of hydrogen-bond donors (Lipinski definition) is 2. The zero-order valence-corrected chi connectivity index (χ0v) is 11.2. The van der Waals surface area contributed by atoms with E-state index < -0.39 is 0 Å². The molecule has 2 amide bonds. The highest BCUT2D eigenvalue weighted by Gasteiger charge is 1.99. The molecule has 0 bridgehead atoms. The van der Waals surface area contributed by atoms with Gasteiger partial charge < -0.3 is 15.4 Å². The fraction of sp³-hybridized carbons (Fsp3) is 0.500. The Morgan fingerprint density at radius 3 is 2.39 bits per heavy atom. The van der Waals surface area contributed by atoms with Crippen molar-refractivity contribution in [2.75, 3.05) is 19.7 Å². The van der Waals surface area contributed by atoms with E-state index in [0.717, 1.165) is 25.1 Å². The summed E-state index contributed by atoms with van der Waals surface area (Å²) < 4.78 is 5.37. The molecule has 0 heterocycles. The lowest BCUT2D eigenvalue weighted by molar-refractivity contribution is 0.241. The number of carbonyl (C=O) groups is 1. The second-order valence-electron chi connectivity index (χ2n) is 4.01. The van der Waals surface area contributed by atoms with Gasteiger partial charge in [0.05, 0.1) is 6.61 Å². The van der Waals surface area contributed by atoms with Crippen molar-refractivity contribution in [1.29, 1.82) is 0 Å². The molecule has 1 rings (SSSR count). The monoisotopic (exact) mass is 250 g/mol. The van der Waals surface area contributed by atoms with E-state index in [-0.39, 0.29) is 6.03 Å². The fourth-order valence-corrected chi connectivity index (χ4v) is 1.54. The predicted molar refractivity (Wildman–Crippen MR) is 73.0 cm³/mol. The summed E-state index contributed by atoms with van der Waals surface area (Å²) in [6.45, 7) is 6.03. The third-order valence-corrected chi connectivity index (χ3v) is 2.47. The minimum absolute atomic E-state index is 0.0946. The minimum atomic E-state index is -0.0946. The summed E-state index contributed by atoms with van der Waals surface area (Å²) in [6, 6.07) is 7.86. The molecular weight excluding hydrogens is 228 g/mol. The van der Waals surface area contributed by atoms with Crippen LogP contribution in [0.5, 0.6) is 5.75 Å². The van der Waals surface area contributed by atoms with Gasteiger partial charge in [-0.2, -0.15) is 0 Å². The second kappa shape index (κ2) is 8.39. The maximum absolute atomic E-state index is 11.3. The molecule has 0 aliphatic heterocycles. The molecule has 2 N–H and O–H groups in total. The lowest BCUT2D eigenvalue weighted by Crippen LogP contribution is -2.36. The highest BCUT2D eigenvalue weighted by Crippen LogP contribution is 2.12. The summed E-state index contributed by atoms with van der Waals surface area (Å²) in [5.74, 6) is 0.884. The molecule has 0 fully saturated rings. The predicted octanol–water partition coefficient (Wildman–Crippen LogP) is 2.34. The Hall–Kier alpha value is -1.71. The molecule has 0 atom stereocenters. The summed E-state index contributed by atoms with van der Waals surface area (Å²) in [7, 11) is 0. The molecule has 0 spiro atoms. The number of benzene rings is 1. The molecule has 0 aromatic heterocycles. The van der Waals surface area contributed by atoms with Crippen LogP contribution in [0.1, 0.15) is 25.8 Å². The minimum Gasteiger partial charge on any atom is -0.494 e. The van der Waals surface area contributed by atoms with Crippen molar-refractivity contribution >= 4 is 6.03 Å². The van der Waals surface area contributed by atoms with Gasteiger partial charge in [-0.15, -0.1) is 0 Å². The van der Waals surface area contributed by atoms with Gasteiger partial charge in [-0.3, -0.25) is 0 Å². The lowest BCUT2D eigenvalue weighted by Gasteiger charge is -2.07. The van der Waals surface area contributed by atoms with E-state index in [0.29, 0.717) is 13.2 Å². The van der Waals surface area contributed by atoms with Crippen LogP contribution < -0.4 is 15.4 Å². The number of hydrogen-bond acceptors (Lipinski definition) is 2. The number of urea groups is 1. The molecule has 0 saturated carbocycles. The van der Waals surface area contributed by atoms with Crippen LogP contribution in [0.4, 0.5) is 4.79 Å². The zero-order chi connectivity index (χ0) is 13.2. The topological polar surface area (TPSA) is 50.4 Å². The molecule has 4 heteroatoms. The molecular formula is C14H22N2O2. The van der Waals surface area contributed by atoms with E-state index in [9.17, 15) is 4.79 Å². The van der Waals surface area contributed by atoms with Gasteiger partial charge in [-0.25, -0.2) is 4.79 Å². The Labute approximate surface area is 109 Å². The number of ether oxygens (including phenoxy) is 1. The van der Waals surface area contributed by atoms with Gasteiger partial charge in [0, 0.05) is 13.1 Å². The molecule has 18 heavy (non-hydrogen) atoms. The molecule has 100 valence electrons. The largest absolute Gasteiger partial charge is 0.494 e. The smallest absolute Gasteiger partial charge is 0.314 e. The van der Waals surface area contributed by atoms with Crippen molar-refractivity contribution in [3.05, 3.63) is 29.8 Å². The van der Waals surface area contributed by atoms with Crippen molar-refractivity contribution in [2.24, 2.45) is 0 Å². The summed E-state index contributed by atoms with van der Waals surface area (Å²) in [5, 5.41) is 5.60. The first kappa shape index (κ1) is 14.4. The second-order valence-corrected chi connectivity index (χ2v) is 4.01. The van der Waals surface area contributed by atoms with Crippen molar-refractivity contribution in [1.82, 2.24) is 10.6 Å². The maximum atomic E-state index is 11.3. The van der Waals surface area contributed by atoms with E-state index in [1.54, 1.807) is 0 Å². The van der Waals surface area contributed by atoms with Crippen molar-refractivity contribution in [3.63, 3.8) is 0 Å². The number of rotatable bonds is 7. The average molecular weight is 250 g/mol. The van der Waals surface area contributed by atoms with E-state index in [2.05, 4.69) is 10.6 Å². The molecule has 0 aliphatic rings. The summed E-state index contributed by atoms with van der Waals surface area (Å²) in [4.78, 5) is 11.3. The standard InChI is InChI=1S/C14H22N2O2/c1-3-10-15-14(17)16-11-9-12-5-7-13(8-6-12)18-4-2/h5-8H,3-4,9-11H2,1-2H3,(H2,15,16,17). The van der Waals surface area contributed by atoms with Crippen molar-refractivity contribution < 1.29 is 9.53 Å². The van der Waals surface area contributed by atoms with Gasteiger partial charge in [0.15, 0.2) is 0 Å². The van der Waals surface area contributed by atoms with E-state index >= 15 is 0 Å². The van der Waals surface area contributed by atoms with Crippen LogP contribution in [0.25, 0.3) is 0 Å². The SMILES string of the molecule is CCCNC(=O)NCCc1ccc(OCC)cc1. The van der Waals surface area contributed by atoms with Crippen LogP contribution in [-0.2, 0) is 6.42 Å². The zero-order valence-electron chi connectivity index (χ0n) is 11.2. The van der Waals surface area contributed by atoms with Crippen LogP contribution in [0.15, 0.2) is 24.3 Å². The van der Waals surface area contributed by atoms with Crippen LogP contribution in [0.3, 0.4) is 0 Å². The lowest BCUT2D eigenvalue weighted by atomic mass is 10.1. The Bertz CT molecular complexity index is 349. The Morgan fingerprint density at radius 2 is 1.78 bits per heavy atom. The Balaban J connectivity index is 2.24. The molecule has 1 aromatic rings. The number of carbonyl (C=O) groups excluding carboxylic acids is 1. The van der Waals surface area contributed by atoms with Crippen LogP contribution in [-0.4, -0.2) is 25.7 Å². The average Bonchev–Trinajstić information content (AvgIpc) is 2.39. The van der Waals surface area contributed by atoms with E-state index in [4.69, 9.17) is 4.74 Å². The molecule has 0 radical (unpaired) electrons. The quantitative estimate of drug-likeness (QED) is 0.780. The van der Waals surface area contributed by atoms with Crippen LogP contribution >= 0.6 is 0 Å². The van der Waals surface area contributed by atoms with Crippen LogP contribution in [0, 0.1) is 0 Å². The highest BCUT2D eigenvalue weighted by atomic mass is 16.5. The first-order valence-corrected chi connectivity index (χ1v) is 6.49. The van der Waals surface area contributed by atoms with Gasteiger partial charge in [0.25, 0.3) is 0 Å². The first-order valence-electron chi connectivity index (χ1n) is 6.49. The van der Waals surface area contributed by atoms with Gasteiger partial charge in [0.1, 0.15) is 5.75 Å². The molecule has 0 aliphatic carbocycles. The van der Waals surface area contributed by atoms with Crippen molar-refractivity contribution in [3.8, 4) is 5.75 Å². The molecule has 0 saturated heterocycles. The molecule has 4 nitrogen and oxygen atoms in total. The van der Waals surface area contributed by atoms with Gasteiger partial charge in [0.2, 0.25) is 0 Å². The summed E-state index contributed by atoms with van der Waals surface area (Å²) in [5.41, 5.74) is 1.19. The number of amides is 2. The van der Waals surface area contributed by atoms with E-state index in [1.165, 1.54) is 5.56 Å². The van der Waals surface area contributed by atoms with Crippen molar-refractivity contribution in [2.45, 2.75) is 26.7 Å². The van der Waals surface area contributed by atoms with Crippen LogP contribution in [0.2, 0.25) is 0 Å². The Kier molecular flexibility index (Phi) is 6.69. The normalized spacial score (nSPS) is 9.89. The van der Waals surface area contributed by atoms with Gasteiger partial charge >= 0.3 is 6.03 Å². The third kappa shape index (κ3) is 5.57. The van der Waals surface area contributed by atoms with Gasteiger partial charge in [-0.1, -0.05) is 19.1 Å². The Morgan fingerprint density at radius 1 is 1.11 bits per heavy atom. The number of nitrogens with one attached hydrogen (secondary N) is 2. The van der Waals surface area contributed by atoms with Gasteiger partial charge in [-0.05, 0) is 37.5 Å². The summed E-state index contributed by atoms with van der Waals surface area (Å²) in [6.07, 6.45) is 1.78.